The number of carbonyl (C=O) groups is 2. The molecule has 0 saturated heterocycles. The van der Waals surface area contributed by atoms with Crippen molar-refractivity contribution in [2.24, 2.45) is 5.92 Å². The first-order valence-electron chi connectivity index (χ1n) is 6.51. The summed E-state index contributed by atoms with van der Waals surface area (Å²) in [5.74, 6) is 1.08. The van der Waals surface area contributed by atoms with Crippen LogP contribution in [0.2, 0.25) is 0 Å². The molecule has 6 heteroatoms. The average molecular weight is 380 g/mol. The van der Waals surface area contributed by atoms with Crippen molar-refractivity contribution in [2.45, 2.75) is 39.2 Å². The fourth-order valence-electron chi connectivity index (χ4n) is 1.84. The summed E-state index contributed by atoms with van der Waals surface area (Å²) in [6, 6.07) is 0. The number of Topliss-reactive ketones (excluding diaryl/α,β-unsaturated/α-hetero) is 2. The van der Waals surface area contributed by atoms with Crippen molar-refractivity contribution < 1.29 is 14.3 Å². The molecule has 1 heterocycles. The molecule has 0 aliphatic heterocycles. The second-order valence-electron chi connectivity index (χ2n) is 5.05. The maximum absolute atomic E-state index is 12.2. The standard InChI is InChI=1S/C14H16BrClO3S/c1-7(6-16)19-13-8(2)20-14(12(13)15)11(18)5-10(17)9-3-4-9/h7,9H,3-6H2,1-2H3. The number of carbonyl (C=O) groups excluding carboxylic acids is 2. The first kappa shape index (κ1) is 16.0. The Morgan fingerprint density at radius 3 is 2.70 bits per heavy atom. The molecule has 3 nitrogen and oxygen atoms in total. The molecule has 0 aromatic carbocycles. The highest BCUT2D eigenvalue weighted by Crippen LogP contribution is 2.41. The lowest BCUT2D eigenvalue weighted by Crippen LogP contribution is -2.13. The van der Waals surface area contributed by atoms with E-state index < -0.39 is 0 Å². The lowest BCUT2D eigenvalue weighted by atomic mass is 10.1. The molecule has 0 radical (unpaired) electrons. The molecule has 1 fully saturated rings. The second-order valence-corrected chi connectivity index (χ2v) is 7.38. The van der Waals surface area contributed by atoms with Crippen LogP contribution in [0.1, 0.15) is 40.7 Å². The molecule has 1 atom stereocenters. The van der Waals surface area contributed by atoms with Gasteiger partial charge in [0.2, 0.25) is 0 Å². The van der Waals surface area contributed by atoms with Gasteiger partial charge in [-0.25, -0.2) is 0 Å². The van der Waals surface area contributed by atoms with Gasteiger partial charge in [-0.15, -0.1) is 22.9 Å². The van der Waals surface area contributed by atoms with E-state index in [1.54, 1.807) is 0 Å². The monoisotopic (exact) mass is 378 g/mol. The Morgan fingerprint density at radius 1 is 1.50 bits per heavy atom. The van der Waals surface area contributed by atoms with E-state index in [4.69, 9.17) is 16.3 Å². The van der Waals surface area contributed by atoms with E-state index in [9.17, 15) is 9.59 Å². The van der Waals surface area contributed by atoms with E-state index in [-0.39, 0.29) is 30.0 Å². The summed E-state index contributed by atoms with van der Waals surface area (Å²) in [6.45, 7) is 3.76. The summed E-state index contributed by atoms with van der Waals surface area (Å²) < 4.78 is 6.36. The quantitative estimate of drug-likeness (QED) is 0.401. The number of ketones is 2. The van der Waals surface area contributed by atoms with Crippen LogP contribution in [-0.4, -0.2) is 23.6 Å². The van der Waals surface area contributed by atoms with Gasteiger partial charge in [0.1, 0.15) is 17.6 Å². The van der Waals surface area contributed by atoms with Gasteiger partial charge in [-0.05, 0) is 42.6 Å². The van der Waals surface area contributed by atoms with Crippen LogP contribution in [0.5, 0.6) is 5.75 Å². The Labute approximate surface area is 135 Å². The molecule has 1 aliphatic rings. The first-order chi connectivity index (χ1) is 9.43. The molecular weight excluding hydrogens is 364 g/mol. The van der Waals surface area contributed by atoms with Crippen molar-refractivity contribution in [3.8, 4) is 5.75 Å². The summed E-state index contributed by atoms with van der Waals surface area (Å²) in [5, 5.41) is 0. The molecule has 1 unspecified atom stereocenters. The zero-order chi connectivity index (χ0) is 14.9. The lowest BCUT2D eigenvalue weighted by molar-refractivity contribution is -0.119. The number of ether oxygens (including phenoxy) is 1. The van der Waals surface area contributed by atoms with Crippen LogP contribution in [0.3, 0.4) is 0 Å². The minimum absolute atomic E-state index is 0.00623. The largest absolute Gasteiger partial charge is 0.487 e. The minimum atomic E-state index is -0.129. The van der Waals surface area contributed by atoms with Crippen LogP contribution in [-0.2, 0) is 4.79 Å². The molecule has 0 amide bonds. The second kappa shape index (κ2) is 6.58. The van der Waals surface area contributed by atoms with Crippen molar-refractivity contribution in [1.82, 2.24) is 0 Å². The fourth-order valence-corrected chi connectivity index (χ4v) is 3.80. The SMILES string of the molecule is Cc1sc(C(=O)CC(=O)C2CC2)c(Br)c1OC(C)CCl. The third-order valence-corrected chi connectivity index (χ3v) is 5.71. The van der Waals surface area contributed by atoms with Crippen molar-refractivity contribution >= 4 is 50.4 Å². The smallest absolute Gasteiger partial charge is 0.181 e. The number of thiophene rings is 1. The molecule has 110 valence electrons. The summed E-state index contributed by atoms with van der Waals surface area (Å²) in [6.07, 6.45) is 1.72. The Bertz CT molecular complexity index is 537. The van der Waals surface area contributed by atoms with Crippen molar-refractivity contribution in [3.05, 3.63) is 14.2 Å². The fraction of sp³-hybridized carbons (Fsp3) is 0.571. The number of hydrogen-bond donors (Lipinski definition) is 0. The Morgan fingerprint density at radius 2 is 2.15 bits per heavy atom. The first-order valence-corrected chi connectivity index (χ1v) is 8.65. The van der Waals surface area contributed by atoms with Gasteiger partial charge in [0, 0.05) is 10.8 Å². The van der Waals surface area contributed by atoms with E-state index in [1.807, 2.05) is 13.8 Å². The van der Waals surface area contributed by atoms with Crippen molar-refractivity contribution in [2.75, 3.05) is 5.88 Å². The van der Waals surface area contributed by atoms with Crippen LogP contribution in [0.25, 0.3) is 0 Å². The number of halogens is 2. The van der Waals surface area contributed by atoms with Gasteiger partial charge in [-0.3, -0.25) is 9.59 Å². The Hall–Kier alpha value is -0.390. The van der Waals surface area contributed by atoms with E-state index >= 15 is 0 Å². The number of hydrogen-bond acceptors (Lipinski definition) is 4. The highest BCUT2D eigenvalue weighted by molar-refractivity contribution is 9.10. The van der Waals surface area contributed by atoms with Gasteiger partial charge in [0.05, 0.1) is 21.7 Å². The molecule has 1 aliphatic carbocycles. The third-order valence-electron chi connectivity index (χ3n) is 3.13. The topological polar surface area (TPSA) is 43.4 Å². The van der Waals surface area contributed by atoms with Gasteiger partial charge in [-0.1, -0.05) is 0 Å². The van der Waals surface area contributed by atoms with Gasteiger partial charge < -0.3 is 4.74 Å². The Balaban J connectivity index is 2.13. The molecule has 0 N–H and O–H groups in total. The lowest BCUT2D eigenvalue weighted by Gasteiger charge is -2.11. The van der Waals surface area contributed by atoms with Gasteiger partial charge >= 0.3 is 0 Å². The number of alkyl halides is 1. The van der Waals surface area contributed by atoms with Crippen LogP contribution >= 0.6 is 38.9 Å². The summed E-state index contributed by atoms with van der Waals surface area (Å²) in [4.78, 5) is 25.4. The van der Waals surface area contributed by atoms with Gasteiger partial charge in [0.25, 0.3) is 0 Å². The van der Waals surface area contributed by atoms with E-state index in [1.165, 1.54) is 11.3 Å². The van der Waals surface area contributed by atoms with Crippen LogP contribution < -0.4 is 4.74 Å². The average Bonchev–Trinajstić information content (AvgIpc) is 3.21. The zero-order valence-corrected chi connectivity index (χ0v) is 14.5. The van der Waals surface area contributed by atoms with Gasteiger partial charge in [0.15, 0.2) is 5.78 Å². The zero-order valence-electron chi connectivity index (χ0n) is 11.4. The van der Waals surface area contributed by atoms with Crippen molar-refractivity contribution in [3.63, 3.8) is 0 Å². The van der Waals surface area contributed by atoms with Gasteiger partial charge in [-0.2, -0.15) is 0 Å². The van der Waals surface area contributed by atoms with Crippen molar-refractivity contribution in [1.29, 1.82) is 0 Å². The van der Waals surface area contributed by atoms with Crippen LogP contribution in [0.15, 0.2) is 4.47 Å². The molecule has 1 aromatic heterocycles. The highest BCUT2D eigenvalue weighted by Gasteiger charge is 2.32. The van der Waals surface area contributed by atoms with E-state index in [0.717, 1.165) is 17.7 Å². The van der Waals surface area contributed by atoms with Crippen LogP contribution in [0.4, 0.5) is 0 Å². The summed E-state index contributed by atoms with van der Waals surface area (Å²) in [5.41, 5.74) is 0. The summed E-state index contributed by atoms with van der Waals surface area (Å²) >= 11 is 10.5. The Kier molecular flexibility index (Phi) is 5.26. The molecule has 0 bridgehead atoms. The van der Waals surface area contributed by atoms with E-state index in [2.05, 4.69) is 15.9 Å². The number of rotatable bonds is 7. The maximum atomic E-state index is 12.2. The summed E-state index contributed by atoms with van der Waals surface area (Å²) in [7, 11) is 0. The molecular formula is C14H16BrClO3S. The molecule has 1 saturated carbocycles. The maximum Gasteiger partial charge on any atom is 0.181 e. The highest BCUT2D eigenvalue weighted by atomic mass is 79.9. The predicted octanol–water partition coefficient (Wildman–Crippen LogP) is 4.38. The number of aryl methyl sites for hydroxylation is 1. The molecule has 1 aromatic rings. The molecule has 0 spiro atoms. The van der Waals surface area contributed by atoms with E-state index in [0.29, 0.717) is 21.0 Å². The molecule has 20 heavy (non-hydrogen) atoms. The normalized spacial score (nSPS) is 16.0. The predicted molar refractivity (Wildman–Crippen MR) is 84.2 cm³/mol. The molecule has 2 rings (SSSR count). The minimum Gasteiger partial charge on any atom is -0.487 e. The van der Waals surface area contributed by atoms with Crippen LogP contribution in [0, 0.1) is 12.8 Å². The third kappa shape index (κ3) is 3.62.